The first-order valence-electron chi connectivity index (χ1n) is 12.2. The maximum absolute atomic E-state index is 13.2. The molecule has 200 valence electrons. The van der Waals surface area contributed by atoms with Gasteiger partial charge in [-0.05, 0) is 55.2 Å². The molecule has 4 rings (SSSR count). The van der Waals surface area contributed by atoms with Crippen molar-refractivity contribution in [1.82, 2.24) is 10.3 Å². The maximum Gasteiger partial charge on any atom is 0.418 e. The van der Waals surface area contributed by atoms with Gasteiger partial charge in [0.1, 0.15) is 5.75 Å². The van der Waals surface area contributed by atoms with E-state index in [4.69, 9.17) is 4.74 Å². The van der Waals surface area contributed by atoms with Crippen LogP contribution in [0.15, 0.2) is 67.0 Å². The van der Waals surface area contributed by atoms with E-state index in [0.29, 0.717) is 37.1 Å². The van der Waals surface area contributed by atoms with Gasteiger partial charge in [-0.25, -0.2) is 0 Å². The Kier molecular flexibility index (Phi) is 8.31. The molecule has 0 radical (unpaired) electrons. The van der Waals surface area contributed by atoms with Crippen LogP contribution in [-0.4, -0.2) is 35.0 Å². The second-order valence-corrected chi connectivity index (χ2v) is 9.34. The summed E-state index contributed by atoms with van der Waals surface area (Å²) >= 11 is 0. The zero-order valence-corrected chi connectivity index (χ0v) is 20.6. The van der Waals surface area contributed by atoms with Gasteiger partial charge in [-0.2, -0.15) is 13.2 Å². The normalized spacial score (nSPS) is 17.2. The summed E-state index contributed by atoms with van der Waals surface area (Å²) in [6, 6.07) is 13.4. The van der Waals surface area contributed by atoms with Crippen molar-refractivity contribution in [3.05, 3.63) is 83.7 Å². The van der Waals surface area contributed by atoms with Gasteiger partial charge in [0.2, 0.25) is 5.91 Å². The van der Waals surface area contributed by atoms with Crippen LogP contribution < -0.4 is 10.6 Å². The number of anilines is 2. The number of aromatic nitrogens is 1. The third-order valence-electron chi connectivity index (χ3n) is 6.61. The summed E-state index contributed by atoms with van der Waals surface area (Å²) < 4.78 is 45.2. The van der Waals surface area contributed by atoms with Crippen LogP contribution in [0, 0.1) is 5.41 Å². The van der Waals surface area contributed by atoms with E-state index in [1.54, 1.807) is 24.3 Å². The van der Waals surface area contributed by atoms with E-state index < -0.39 is 17.2 Å². The fourth-order valence-electron chi connectivity index (χ4n) is 4.48. The van der Waals surface area contributed by atoms with Crippen LogP contribution in [0.1, 0.15) is 47.2 Å². The molecule has 0 unspecified atom stereocenters. The number of alkyl halides is 3. The van der Waals surface area contributed by atoms with E-state index in [2.05, 4.69) is 15.6 Å². The number of halogens is 3. The molecule has 1 fully saturated rings. The number of nitrogens with one attached hydrogen (secondary N) is 2. The topological polar surface area (TPSA) is 101 Å². The van der Waals surface area contributed by atoms with Crippen molar-refractivity contribution < 1.29 is 32.6 Å². The Morgan fingerprint density at radius 2 is 1.84 bits per heavy atom. The largest absolute Gasteiger partial charge is 0.506 e. The molecule has 10 heteroatoms. The molecule has 0 spiro atoms. The molecule has 3 aromatic rings. The predicted molar refractivity (Wildman–Crippen MR) is 135 cm³/mol. The van der Waals surface area contributed by atoms with Gasteiger partial charge < -0.3 is 20.5 Å². The summed E-state index contributed by atoms with van der Waals surface area (Å²) in [6.45, 7) is 0.966. The van der Waals surface area contributed by atoms with Crippen LogP contribution in [0.2, 0.25) is 0 Å². The van der Waals surface area contributed by atoms with Gasteiger partial charge in [0, 0.05) is 37.0 Å². The van der Waals surface area contributed by atoms with Gasteiger partial charge in [-0.1, -0.05) is 24.3 Å². The van der Waals surface area contributed by atoms with Crippen molar-refractivity contribution in [3.63, 3.8) is 0 Å². The highest BCUT2D eigenvalue weighted by molar-refractivity contribution is 5.96. The van der Waals surface area contributed by atoms with E-state index in [1.807, 2.05) is 0 Å². The molecule has 0 bridgehead atoms. The molecule has 1 aromatic heterocycles. The number of carbonyl (C=O) groups is 2. The van der Waals surface area contributed by atoms with Gasteiger partial charge >= 0.3 is 6.18 Å². The van der Waals surface area contributed by atoms with Crippen LogP contribution >= 0.6 is 0 Å². The Morgan fingerprint density at radius 3 is 2.53 bits per heavy atom. The third kappa shape index (κ3) is 6.69. The van der Waals surface area contributed by atoms with Crippen molar-refractivity contribution in [2.24, 2.45) is 5.41 Å². The second kappa shape index (κ2) is 11.6. The summed E-state index contributed by atoms with van der Waals surface area (Å²) in [7, 11) is 0. The molecule has 1 saturated heterocycles. The highest BCUT2D eigenvalue weighted by Crippen LogP contribution is 2.36. The van der Waals surface area contributed by atoms with Crippen LogP contribution in [0.3, 0.4) is 0 Å². The van der Waals surface area contributed by atoms with Gasteiger partial charge in [-0.15, -0.1) is 0 Å². The number of nitrogens with zero attached hydrogens (tertiary/aromatic N) is 1. The number of pyridine rings is 1. The molecule has 7 nitrogen and oxygen atoms in total. The number of rotatable bonds is 10. The number of aromatic hydroxyl groups is 1. The number of hydrogen-bond acceptors (Lipinski definition) is 6. The summed E-state index contributed by atoms with van der Waals surface area (Å²) in [5.41, 5.74) is 0.0765. The number of ketones is 1. The number of hydrogen-bond donors (Lipinski definition) is 3. The summed E-state index contributed by atoms with van der Waals surface area (Å²) in [6.07, 6.45) is -0.109. The fourth-order valence-corrected chi connectivity index (χ4v) is 4.48. The lowest BCUT2D eigenvalue weighted by molar-refractivity contribution is -0.137. The quantitative estimate of drug-likeness (QED) is 0.296. The zero-order chi connectivity index (χ0) is 27.2. The Hall–Kier alpha value is -3.92. The average Bonchev–Trinajstić information content (AvgIpc) is 3.38. The second-order valence-electron chi connectivity index (χ2n) is 9.34. The molecule has 1 aliphatic rings. The Bertz CT molecular complexity index is 1270. The van der Waals surface area contributed by atoms with Crippen molar-refractivity contribution in [1.29, 1.82) is 0 Å². The van der Waals surface area contributed by atoms with Gasteiger partial charge in [0.15, 0.2) is 5.78 Å². The lowest BCUT2D eigenvalue weighted by atomic mass is 9.80. The average molecular weight is 528 g/mol. The third-order valence-corrected chi connectivity index (χ3v) is 6.61. The van der Waals surface area contributed by atoms with E-state index in [-0.39, 0.29) is 42.7 Å². The Balaban J connectivity index is 1.31. The first-order valence-corrected chi connectivity index (χ1v) is 12.2. The summed E-state index contributed by atoms with van der Waals surface area (Å²) in [4.78, 5) is 29.4. The van der Waals surface area contributed by atoms with Crippen LogP contribution in [-0.2, 0) is 22.3 Å². The van der Waals surface area contributed by atoms with Gasteiger partial charge in [-0.3, -0.25) is 14.6 Å². The highest BCUT2D eigenvalue weighted by atomic mass is 19.4. The SMILES string of the molecule is O=C(CCC[C@@]1(C(=O)NCc2ccc(Nc3ccccc3C(F)(F)F)cc2)CCOC1)c1cncc(O)c1. The van der Waals surface area contributed by atoms with Crippen molar-refractivity contribution in [2.45, 2.75) is 38.4 Å². The lowest BCUT2D eigenvalue weighted by Gasteiger charge is -2.26. The lowest BCUT2D eigenvalue weighted by Crippen LogP contribution is -2.41. The van der Waals surface area contributed by atoms with Gasteiger partial charge in [0.25, 0.3) is 0 Å². The number of para-hydroxylation sites is 1. The molecule has 2 heterocycles. The van der Waals surface area contributed by atoms with Crippen molar-refractivity contribution in [3.8, 4) is 5.75 Å². The molecular weight excluding hydrogens is 499 g/mol. The van der Waals surface area contributed by atoms with E-state index in [1.165, 1.54) is 36.7 Å². The standard InChI is InChI=1S/C28H28F3N3O4/c29-28(30,31)23-4-1-2-5-24(23)34-21-9-7-19(8-10-21)15-33-26(37)27(12-13-38-18-27)11-3-6-25(36)20-14-22(35)17-32-16-20/h1-2,4-5,7-10,14,16-17,34-35H,3,6,11-13,15,18H2,(H,33,37)/t27-/m1/s1. The highest BCUT2D eigenvalue weighted by Gasteiger charge is 2.41. The monoisotopic (exact) mass is 527 g/mol. The molecule has 2 aromatic carbocycles. The Morgan fingerprint density at radius 1 is 1.08 bits per heavy atom. The summed E-state index contributed by atoms with van der Waals surface area (Å²) in [5, 5.41) is 15.3. The molecule has 0 saturated carbocycles. The molecule has 3 N–H and O–H groups in total. The van der Waals surface area contributed by atoms with Crippen LogP contribution in [0.5, 0.6) is 5.75 Å². The van der Waals surface area contributed by atoms with E-state index in [9.17, 15) is 27.9 Å². The number of ether oxygens (including phenoxy) is 1. The molecule has 0 aliphatic carbocycles. The molecule has 1 aliphatic heterocycles. The van der Waals surface area contributed by atoms with Crippen molar-refractivity contribution >= 4 is 23.1 Å². The first kappa shape index (κ1) is 27.1. The first-order chi connectivity index (χ1) is 18.2. The van der Waals surface area contributed by atoms with Gasteiger partial charge in [0.05, 0.1) is 29.5 Å². The number of amides is 1. The maximum atomic E-state index is 13.2. The zero-order valence-electron chi connectivity index (χ0n) is 20.6. The minimum Gasteiger partial charge on any atom is -0.506 e. The molecule has 38 heavy (non-hydrogen) atoms. The predicted octanol–water partition coefficient (Wildman–Crippen LogP) is 5.63. The minimum absolute atomic E-state index is 0.0389. The molecular formula is C28H28F3N3O4. The van der Waals surface area contributed by atoms with Crippen molar-refractivity contribution in [2.75, 3.05) is 18.5 Å². The Labute approximate surface area is 218 Å². The van der Waals surface area contributed by atoms with Crippen LogP contribution in [0.4, 0.5) is 24.5 Å². The number of benzene rings is 2. The number of Topliss-reactive ketones (excluding diaryl/α,β-unsaturated/α-hetero) is 1. The number of carbonyl (C=O) groups excluding carboxylic acids is 2. The minimum atomic E-state index is -4.47. The van der Waals surface area contributed by atoms with E-state index >= 15 is 0 Å². The molecule has 1 atom stereocenters. The smallest absolute Gasteiger partial charge is 0.418 e. The van der Waals surface area contributed by atoms with E-state index in [0.717, 1.165) is 11.6 Å². The molecule has 1 amide bonds. The van der Waals surface area contributed by atoms with Crippen LogP contribution in [0.25, 0.3) is 0 Å². The fraction of sp³-hybridized carbons (Fsp3) is 0.321. The summed E-state index contributed by atoms with van der Waals surface area (Å²) in [5.74, 6) is -0.400.